The van der Waals surface area contributed by atoms with Crippen LogP contribution in [0.2, 0.25) is 0 Å². The van der Waals surface area contributed by atoms with Gasteiger partial charge < -0.3 is 10.4 Å². The van der Waals surface area contributed by atoms with Crippen LogP contribution in [0.1, 0.15) is 47.2 Å². The van der Waals surface area contributed by atoms with Crippen molar-refractivity contribution >= 4 is 11.3 Å². The number of rotatable bonds is 5. The minimum absolute atomic E-state index is 0.0725. The second kappa shape index (κ2) is 7.01. The summed E-state index contributed by atoms with van der Waals surface area (Å²) in [5.74, 6) is 0. The zero-order valence-corrected chi connectivity index (χ0v) is 13.1. The number of hydrogen-bond donors (Lipinski definition) is 2. The zero-order chi connectivity index (χ0) is 15.4. The van der Waals surface area contributed by atoms with Gasteiger partial charge in [-0.2, -0.15) is 5.26 Å². The molecule has 2 atom stereocenters. The maximum Gasteiger partial charge on any atom is 0.110 e. The average Bonchev–Trinajstić information content (AvgIpc) is 3.22. The summed E-state index contributed by atoms with van der Waals surface area (Å²) in [5.41, 5.74) is 0.612. The molecule has 0 aromatic carbocycles. The molecule has 22 heavy (non-hydrogen) atoms. The number of nitriles is 1. The lowest BCUT2D eigenvalue weighted by molar-refractivity contribution is 0.243. The van der Waals surface area contributed by atoms with Crippen molar-refractivity contribution in [1.82, 2.24) is 20.3 Å². The second-order valence-electron chi connectivity index (χ2n) is 5.56. The van der Waals surface area contributed by atoms with Gasteiger partial charge in [0.2, 0.25) is 0 Å². The summed E-state index contributed by atoms with van der Waals surface area (Å²) >= 11 is 1.53. The Balaban J connectivity index is 1.66. The Morgan fingerprint density at radius 3 is 3.00 bits per heavy atom. The normalized spacial score (nSPS) is 21.6. The number of aliphatic hydroxyl groups excluding tert-OH is 1. The van der Waals surface area contributed by atoms with Crippen molar-refractivity contribution in [3.8, 4) is 6.07 Å². The van der Waals surface area contributed by atoms with E-state index in [1.807, 2.05) is 23.0 Å². The molecule has 116 valence electrons. The first-order valence-electron chi connectivity index (χ1n) is 7.54. The van der Waals surface area contributed by atoms with Gasteiger partial charge in [-0.1, -0.05) is 18.1 Å². The van der Waals surface area contributed by atoms with E-state index in [1.54, 1.807) is 0 Å². The first-order valence-corrected chi connectivity index (χ1v) is 8.35. The van der Waals surface area contributed by atoms with Crippen molar-refractivity contribution < 1.29 is 5.11 Å². The predicted molar refractivity (Wildman–Crippen MR) is 83.1 cm³/mol. The minimum Gasteiger partial charge on any atom is -0.390 e. The number of nitrogens with one attached hydrogen (secondary N) is 1. The molecule has 0 saturated heterocycles. The van der Waals surface area contributed by atoms with Crippen LogP contribution in [-0.2, 0) is 13.2 Å². The van der Waals surface area contributed by atoms with E-state index in [0.717, 1.165) is 24.3 Å². The van der Waals surface area contributed by atoms with Gasteiger partial charge in [-0.15, -0.1) is 16.4 Å². The minimum atomic E-state index is -0.0725. The fourth-order valence-corrected chi connectivity index (χ4v) is 3.73. The Hall–Kier alpha value is -1.75. The van der Waals surface area contributed by atoms with E-state index in [1.165, 1.54) is 29.1 Å². The van der Waals surface area contributed by atoms with Crippen molar-refractivity contribution in [2.24, 2.45) is 0 Å². The number of aliphatic hydroxyl groups is 1. The van der Waals surface area contributed by atoms with Crippen LogP contribution in [0.4, 0.5) is 0 Å². The van der Waals surface area contributed by atoms with Crippen molar-refractivity contribution in [3.05, 3.63) is 33.8 Å². The van der Waals surface area contributed by atoms with Gasteiger partial charge in [0.1, 0.15) is 16.6 Å². The van der Waals surface area contributed by atoms with Gasteiger partial charge in [-0.3, -0.25) is 0 Å². The highest BCUT2D eigenvalue weighted by molar-refractivity contribution is 7.12. The summed E-state index contributed by atoms with van der Waals surface area (Å²) in [4.78, 5) is 1.93. The zero-order valence-electron chi connectivity index (χ0n) is 12.3. The molecule has 0 unspecified atom stereocenters. The monoisotopic (exact) mass is 317 g/mol. The van der Waals surface area contributed by atoms with E-state index in [2.05, 4.69) is 21.7 Å². The third-order valence-electron chi connectivity index (χ3n) is 4.10. The summed E-state index contributed by atoms with van der Waals surface area (Å²) in [7, 11) is 0. The first kappa shape index (κ1) is 15.2. The van der Waals surface area contributed by atoms with E-state index in [-0.39, 0.29) is 12.6 Å². The van der Waals surface area contributed by atoms with Crippen LogP contribution in [0, 0.1) is 11.3 Å². The van der Waals surface area contributed by atoms with Gasteiger partial charge in [0.15, 0.2) is 0 Å². The van der Waals surface area contributed by atoms with E-state index in [4.69, 9.17) is 10.4 Å². The Bertz CT molecular complexity index is 659. The summed E-state index contributed by atoms with van der Waals surface area (Å²) in [5, 5.41) is 29.8. The first-order chi connectivity index (χ1) is 10.8. The number of hydrogen-bond acceptors (Lipinski definition) is 6. The smallest absolute Gasteiger partial charge is 0.110 e. The molecule has 7 heteroatoms. The molecule has 2 heterocycles. The van der Waals surface area contributed by atoms with Crippen molar-refractivity contribution in [2.45, 2.75) is 50.9 Å². The Morgan fingerprint density at radius 1 is 1.41 bits per heavy atom. The third-order valence-corrected chi connectivity index (χ3v) is 5.09. The lowest BCUT2D eigenvalue weighted by Gasteiger charge is -2.32. The van der Waals surface area contributed by atoms with Crippen molar-refractivity contribution in [2.75, 3.05) is 0 Å². The molecule has 2 aromatic heterocycles. The van der Waals surface area contributed by atoms with E-state index in [0.29, 0.717) is 11.7 Å². The highest BCUT2D eigenvalue weighted by Crippen LogP contribution is 2.28. The van der Waals surface area contributed by atoms with Gasteiger partial charge in [-0.25, -0.2) is 4.68 Å². The fraction of sp³-hybridized carbons (Fsp3) is 0.533. The molecule has 3 rings (SSSR count). The lowest BCUT2D eigenvalue weighted by atomic mass is 9.90. The molecule has 0 amide bonds. The number of aromatic nitrogens is 3. The Kier molecular flexibility index (Phi) is 4.83. The summed E-state index contributed by atoms with van der Waals surface area (Å²) in [6.45, 7) is 0.700. The Morgan fingerprint density at radius 2 is 2.27 bits per heavy atom. The summed E-state index contributed by atoms with van der Waals surface area (Å²) < 4.78 is 1.89. The fourth-order valence-electron chi connectivity index (χ4n) is 2.98. The molecule has 1 saturated carbocycles. The van der Waals surface area contributed by atoms with Crippen LogP contribution in [-0.4, -0.2) is 26.1 Å². The number of thiophene rings is 1. The molecule has 1 fully saturated rings. The molecule has 0 aliphatic heterocycles. The standard InChI is InChI=1S/C15H19N5OS/c16-7-12-5-6-13(22-12)8-17-14-3-1-2-4-15(14)20-9-11(10-21)18-19-20/h5-6,9,14-15,17,21H,1-4,8,10H2/t14-,15+/m0/s1. The second-order valence-corrected chi connectivity index (χ2v) is 6.73. The average molecular weight is 317 g/mol. The van der Waals surface area contributed by atoms with Crippen LogP contribution < -0.4 is 5.32 Å². The maximum atomic E-state index is 9.14. The lowest BCUT2D eigenvalue weighted by Crippen LogP contribution is -2.39. The van der Waals surface area contributed by atoms with Crippen LogP contribution in [0.3, 0.4) is 0 Å². The molecule has 0 radical (unpaired) electrons. The highest BCUT2D eigenvalue weighted by atomic mass is 32.1. The molecule has 0 spiro atoms. The van der Waals surface area contributed by atoms with Crippen LogP contribution in [0.15, 0.2) is 18.3 Å². The van der Waals surface area contributed by atoms with E-state index < -0.39 is 0 Å². The number of nitrogens with zero attached hydrogens (tertiary/aromatic N) is 4. The topological polar surface area (TPSA) is 86.8 Å². The quantitative estimate of drug-likeness (QED) is 0.880. The van der Waals surface area contributed by atoms with E-state index in [9.17, 15) is 0 Å². The molecule has 0 bridgehead atoms. The van der Waals surface area contributed by atoms with Gasteiger partial charge in [-0.05, 0) is 25.0 Å². The molecule has 2 aromatic rings. The van der Waals surface area contributed by atoms with Crippen LogP contribution in [0.25, 0.3) is 0 Å². The van der Waals surface area contributed by atoms with Gasteiger partial charge >= 0.3 is 0 Å². The van der Waals surface area contributed by atoms with Crippen molar-refractivity contribution in [3.63, 3.8) is 0 Å². The SMILES string of the molecule is N#Cc1ccc(CN[C@H]2CCCC[C@H]2n2cc(CO)nn2)s1. The maximum absolute atomic E-state index is 9.14. The predicted octanol–water partition coefficient (Wildman–Crippen LogP) is 1.98. The molecule has 2 N–H and O–H groups in total. The van der Waals surface area contributed by atoms with Crippen LogP contribution >= 0.6 is 11.3 Å². The summed E-state index contributed by atoms with van der Waals surface area (Å²) in [6.07, 6.45) is 6.41. The van der Waals surface area contributed by atoms with Crippen molar-refractivity contribution in [1.29, 1.82) is 5.26 Å². The molecule has 6 nitrogen and oxygen atoms in total. The highest BCUT2D eigenvalue weighted by Gasteiger charge is 2.27. The van der Waals surface area contributed by atoms with Crippen LogP contribution in [0.5, 0.6) is 0 Å². The molecule has 1 aliphatic rings. The van der Waals surface area contributed by atoms with E-state index >= 15 is 0 Å². The van der Waals surface area contributed by atoms with Gasteiger partial charge in [0, 0.05) is 17.5 Å². The summed E-state index contributed by atoms with van der Waals surface area (Å²) in [6, 6.07) is 6.66. The van der Waals surface area contributed by atoms with Gasteiger partial charge in [0.25, 0.3) is 0 Å². The van der Waals surface area contributed by atoms with Gasteiger partial charge in [0.05, 0.1) is 18.8 Å². The largest absolute Gasteiger partial charge is 0.390 e. The molecular weight excluding hydrogens is 298 g/mol. The third kappa shape index (κ3) is 3.35. The molecule has 1 aliphatic carbocycles. The molecular formula is C15H19N5OS. The Labute approximate surface area is 133 Å².